The van der Waals surface area contributed by atoms with Crippen molar-refractivity contribution in [3.8, 4) is 0 Å². The molecule has 0 heterocycles. The molecular formula is C20H22O4Zn. The van der Waals surface area contributed by atoms with Crippen LogP contribution in [0.4, 0.5) is 0 Å². The van der Waals surface area contributed by atoms with Crippen molar-refractivity contribution in [2.45, 2.75) is 41.5 Å². The smallest absolute Gasteiger partial charge is 0.545 e. The molecule has 4 nitrogen and oxygen atoms in total. The van der Waals surface area contributed by atoms with Crippen molar-refractivity contribution in [1.29, 1.82) is 0 Å². The molecule has 5 heteroatoms. The second-order valence-corrected chi connectivity index (χ2v) is 6.08. The van der Waals surface area contributed by atoms with E-state index < -0.39 is 11.9 Å². The van der Waals surface area contributed by atoms with Crippen molar-refractivity contribution < 1.29 is 39.3 Å². The van der Waals surface area contributed by atoms with Crippen LogP contribution in [0.2, 0.25) is 0 Å². The molecule has 0 spiro atoms. The molecule has 0 radical (unpaired) electrons. The van der Waals surface area contributed by atoms with Crippen LogP contribution in [0, 0.1) is 41.5 Å². The van der Waals surface area contributed by atoms with Gasteiger partial charge in [-0.25, -0.2) is 0 Å². The molecule has 128 valence electrons. The Balaban J connectivity index is 0.000000443. The van der Waals surface area contributed by atoms with Gasteiger partial charge in [0.25, 0.3) is 0 Å². The SMILES string of the molecule is Cc1cc(C)c(C)c(C(=O)[O-])c1.Cc1cc(C)c(C)c(C(=O)[O-])c1.[Zn+2]. The van der Waals surface area contributed by atoms with Crippen LogP contribution < -0.4 is 10.2 Å². The molecule has 0 aliphatic rings. The quantitative estimate of drug-likeness (QED) is 0.733. The Hall–Kier alpha value is -2.00. The van der Waals surface area contributed by atoms with Crippen LogP contribution in [0.1, 0.15) is 54.1 Å². The first-order chi connectivity index (χ1) is 11.0. The van der Waals surface area contributed by atoms with Gasteiger partial charge in [0, 0.05) is 11.1 Å². The number of carbonyl (C=O) groups is 2. The Morgan fingerprint density at radius 1 is 0.640 bits per heavy atom. The molecule has 0 aromatic heterocycles. The molecular weight excluding hydrogens is 370 g/mol. The molecule has 0 bridgehead atoms. The van der Waals surface area contributed by atoms with E-state index in [9.17, 15) is 19.8 Å². The van der Waals surface area contributed by atoms with Gasteiger partial charge in [-0.05, 0) is 75.9 Å². The summed E-state index contributed by atoms with van der Waals surface area (Å²) >= 11 is 0. The van der Waals surface area contributed by atoms with Gasteiger partial charge in [0.1, 0.15) is 0 Å². The number of rotatable bonds is 2. The number of aromatic carboxylic acids is 2. The Morgan fingerprint density at radius 3 is 1.16 bits per heavy atom. The van der Waals surface area contributed by atoms with Crippen molar-refractivity contribution in [3.05, 3.63) is 68.8 Å². The molecule has 2 aromatic rings. The van der Waals surface area contributed by atoms with Gasteiger partial charge in [0.15, 0.2) is 0 Å². The van der Waals surface area contributed by atoms with E-state index in [1.165, 1.54) is 0 Å². The molecule has 25 heavy (non-hydrogen) atoms. The fourth-order valence-corrected chi connectivity index (χ4v) is 2.50. The third-order valence-electron chi connectivity index (χ3n) is 4.06. The van der Waals surface area contributed by atoms with Gasteiger partial charge in [-0.3, -0.25) is 0 Å². The first kappa shape index (κ1) is 23.0. The summed E-state index contributed by atoms with van der Waals surface area (Å²) in [4.78, 5) is 21.2. The monoisotopic (exact) mass is 390 g/mol. The number of aryl methyl sites for hydroxylation is 4. The molecule has 0 saturated carbocycles. The van der Waals surface area contributed by atoms with Crippen LogP contribution in [0.3, 0.4) is 0 Å². The summed E-state index contributed by atoms with van der Waals surface area (Å²) in [7, 11) is 0. The standard InChI is InChI=1S/2C10H12O2.Zn/c2*1-6-4-7(2)8(3)9(5-6)10(11)12;/h2*4-5H,1-3H3,(H,11,12);/q;;+2/p-2. The summed E-state index contributed by atoms with van der Waals surface area (Å²) in [6.45, 7) is 11.1. The molecule has 0 fully saturated rings. The predicted molar refractivity (Wildman–Crippen MR) is 90.0 cm³/mol. The molecule has 0 aliphatic carbocycles. The molecule has 2 aromatic carbocycles. The van der Waals surface area contributed by atoms with Crippen molar-refractivity contribution in [1.82, 2.24) is 0 Å². The topological polar surface area (TPSA) is 80.3 Å². The largest absolute Gasteiger partial charge is 2.00 e. The van der Waals surface area contributed by atoms with Crippen molar-refractivity contribution in [2.24, 2.45) is 0 Å². The zero-order valence-corrected chi connectivity index (χ0v) is 18.6. The molecule has 0 saturated heterocycles. The minimum Gasteiger partial charge on any atom is -0.545 e. The predicted octanol–water partition coefficient (Wildman–Crippen LogP) is 1.95. The van der Waals surface area contributed by atoms with Crippen LogP contribution in [0.25, 0.3) is 0 Å². The Kier molecular flexibility index (Phi) is 8.72. The number of carboxylic acids is 2. The maximum absolute atomic E-state index is 10.6. The van der Waals surface area contributed by atoms with Gasteiger partial charge in [-0.15, -0.1) is 0 Å². The Labute approximate surface area is 161 Å². The second-order valence-electron chi connectivity index (χ2n) is 6.08. The van der Waals surface area contributed by atoms with Gasteiger partial charge in [0.2, 0.25) is 0 Å². The van der Waals surface area contributed by atoms with E-state index in [-0.39, 0.29) is 19.5 Å². The summed E-state index contributed by atoms with van der Waals surface area (Å²) in [5, 5.41) is 21.2. The normalized spacial score (nSPS) is 9.52. The number of hydrogen-bond acceptors (Lipinski definition) is 4. The van der Waals surface area contributed by atoms with Crippen molar-refractivity contribution >= 4 is 11.9 Å². The van der Waals surface area contributed by atoms with Crippen LogP contribution in [-0.4, -0.2) is 11.9 Å². The van der Waals surface area contributed by atoms with Gasteiger partial charge in [-0.1, -0.05) is 23.3 Å². The molecule has 0 N–H and O–H groups in total. The maximum atomic E-state index is 10.6. The summed E-state index contributed by atoms with van der Waals surface area (Å²) in [6, 6.07) is 7.19. The number of carboxylic acid groups (broad SMARTS) is 2. The van der Waals surface area contributed by atoms with E-state index in [1.54, 1.807) is 26.0 Å². The van der Waals surface area contributed by atoms with E-state index in [4.69, 9.17) is 0 Å². The number of carbonyl (C=O) groups excluding carboxylic acids is 2. The fraction of sp³-hybridized carbons (Fsp3) is 0.300. The van der Waals surface area contributed by atoms with Crippen LogP contribution in [0.15, 0.2) is 24.3 Å². The molecule has 0 unspecified atom stereocenters. The number of benzene rings is 2. The molecule has 0 amide bonds. The van der Waals surface area contributed by atoms with Gasteiger partial charge in [-0.2, -0.15) is 0 Å². The molecule has 0 aliphatic heterocycles. The first-order valence-electron chi connectivity index (χ1n) is 7.63. The minimum atomic E-state index is -1.10. The van der Waals surface area contributed by atoms with E-state index >= 15 is 0 Å². The molecule has 0 atom stereocenters. The summed E-state index contributed by atoms with van der Waals surface area (Å²) < 4.78 is 0. The summed E-state index contributed by atoms with van der Waals surface area (Å²) in [5.74, 6) is -2.20. The third-order valence-corrected chi connectivity index (χ3v) is 4.06. The second kappa shape index (κ2) is 9.48. The minimum absolute atomic E-state index is 0. The van der Waals surface area contributed by atoms with Gasteiger partial charge in [0.05, 0.1) is 11.9 Å². The van der Waals surface area contributed by atoms with E-state index in [0.717, 1.165) is 33.4 Å². The van der Waals surface area contributed by atoms with E-state index in [1.807, 2.05) is 39.8 Å². The van der Waals surface area contributed by atoms with Gasteiger partial charge < -0.3 is 19.8 Å². The maximum Gasteiger partial charge on any atom is 2.00 e. The van der Waals surface area contributed by atoms with E-state index in [2.05, 4.69) is 0 Å². The Morgan fingerprint density at radius 2 is 0.920 bits per heavy atom. The zero-order chi connectivity index (χ0) is 18.6. The van der Waals surface area contributed by atoms with Crippen LogP contribution in [0.5, 0.6) is 0 Å². The van der Waals surface area contributed by atoms with Crippen molar-refractivity contribution in [2.75, 3.05) is 0 Å². The first-order valence-corrected chi connectivity index (χ1v) is 7.63. The van der Waals surface area contributed by atoms with Crippen LogP contribution in [-0.2, 0) is 19.5 Å². The van der Waals surface area contributed by atoms with Crippen molar-refractivity contribution in [3.63, 3.8) is 0 Å². The van der Waals surface area contributed by atoms with Gasteiger partial charge >= 0.3 is 19.5 Å². The average Bonchev–Trinajstić information content (AvgIpc) is 2.46. The third kappa shape index (κ3) is 6.10. The fourth-order valence-electron chi connectivity index (χ4n) is 2.50. The number of hydrogen-bond donors (Lipinski definition) is 0. The zero-order valence-electron chi connectivity index (χ0n) is 15.6. The van der Waals surface area contributed by atoms with E-state index in [0.29, 0.717) is 11.1 Å². The Bertz CT molecular complexity index is 727. The molecule has 2 rings (SSSR count). The summed E-state index contributed by atoms with van der Waals surface area (Å²) in [5.41, 5.74) is 6.08. The average molecular weight is 392 g/mol. The van der Waals surface area contributed by atoms with Crippen LogP contribution >= 0.6 is 0 Å². The summed E-state index contributed by atoms with van der Waals surface area (Å²) in [6.07, 6.45) is 0.